The van der Waals surface area contributed by atoms with Crippen molar-refractivity contribution in [2.24, 2.45) is 0 Å². The molecular weight excluding hydrogens is 198 g/mol. The van der Waals surface area contributed by atoms with Crippen LogP contribution in [0.15, 0.2) is 0 Å². The molecule has 0 unspecified atom stereocenters. The molecule has 5 heteroatoms. The van der Waals surface area contributed by atoms with Gasteiger partial charge >= 0.3 is 6.09 Å². The Morgan fingerprint density at radius 3 is 2.80 bits per heavy atom. The molecule has 0 bridgehead atoms. The van der Waals surface area contributed by atoms with Crippen molar-refractivity contribution in [1.82, 2.24) is 4.90 Å². The third-order valence-corrected chi connectivity index (χ3v) is 2.07. The summed E-state index contributed by atoms with van der Waals surface area (Å²) in [4.78, 5) is 13.2. The Morgan fingerprint density at radius 1 is 1.60 bits per heavy atom. The first-order valence-corrected chi connectivity index (χ1v) is 5.12. The van der Waals surface area contributed by atoms with Crippen molar-refractivity contribution in [3.05, 3.63) is 0 Å². The molecule has 0 aliphatic carbocycles. The molecule has 1 fully saturated rings. The molecular formula is C10H19NO4. The summed E-state index contributed by atoms with van der Waals surface area (Å²) in [5.41, 5.74) is -0.497. The summed E-state index contributed by atoms with van der Waals surface area (Å²) >= 11 is 0. The zero-order valence-electron chi connectivity index (χ0n) is 9.52. The molecule has 1 rings (SSSR count). The first kappa shape index (κ1) is 12.3. The molecule has 1 atom stereocenters. The van der Waals surface area contributed by atoms with Crippen molar-refractivity contribution in [3.63, 3.8) is 0 Å². The fourth-order valence-electron chi connectivity index (χ4n) is 1.39. The van der Waals surface area contributed by atoms with Crippen LogP contribution in [-0.4, -0.2) is 47.7 Å². The molecule has 1 amide bonds. The van der Waals surface area contributed by atoms with Crippen molar-refractivity contribution >= 4 is 6.09 Å². The molecule has 0 radical (unpaired) electrons. The third kappa shape index (κ3) is 3.68. The number of amides is 1. The van der Waals surface area contributed by atoms with Crippen LogP contribution in [0.4, 0.5) is 4.79 Å². The minimum atomic E-state index is -0.497. The van der Waals surface area contributed by atoms with Crippen LogP contribution < -0.4 is 0 Å². The van der Waals surface area contributed by atoms with Crippen LogP contribution >= 0.6 is 0 Å². The molecule has 1 aliphatic rings. The summed E-state index contributed by atoms with van der Waals surface area (Å²) < 4.78 is 10.4. The Balaban J connectivity index is 2.51. The van der Waals surface area contributed by atoms with Gasteiger partial charge in [-0.05, 0) is 27.2 Å². The van der Waals surface area contributed by atoms with Gasteiger partial charge in [-0.25, -0.2) is 4.79 Å². The largest absolute Gasteiger partial charge is 0.444 e. The summed E-state index contributed by atoms with van der Waals surface area (Å²) in [5, 5.41) is 8.82. The van der Waals surface area contributed by atoms with E-state index in [1.54, 1.807) is 0 Å². The van der Waals surface area contributed by atoms with Crippen molar-refractivity contribution in [1.29, 1.82) is 0 Å². The van der Waals surface area contributed by atoms with Gasteiger partial charge in [-0.1, -0.05) is 0 Å². The summed E-state index contributed by atoms with van der Waals surface area (Å²) in [7, 11) is 0. The molecule has 1 saturated heterocycles. The molecule has 1 N–H and O–H groups in total. The topological polar surface area (TPSA) is 59.0 Å². The minimum Gasteiger partial charge on any atom is -0.444 e. The first-order valence-electron chi connectivity index (χ1n) is 5.12. The van der Waals surface area contributed by atoms with E-state index in [2.05, 4.69) is 0 Å². The van der Waals surface area contributed by atoms with Crippen molar-refractivity contribution in [3.8, 4) is 0 Å². The van der Waals surface area contributed by atoms with Gasteiger partial charge in [0.05, 0.1) is 12.6 Å². The van der Waals surface area contributed by atoms with E-state index in [0.717, 1.165) is 0 Å². The molecule has 88 valence electrons. The number of hydrogen-bond acceptors (Lipinski definition) is 4. The number of carbonyl (C=O) groups is 1. The zero-order valence-corrected chi connectivity index (χ0v) is 9.52. The molecule has 1 aliphatic heterocycles. The van der Waals surface area contributed by atoms with Crippen LogP contribution in [0.3, 0.4) is 0 Å². The van der Waals surface area contributed by atoms with Gasteiger partial charge in [0.1, 0.15) is 12.3 Å². The first-order chi connectivity index (χ1) is 6.94. The molecule has 5 nitrogen and oxygen atoms in total. The lowest BCUT2D eigenvalue weighted by Crippen LogP contribution is -2.40. The highest BCUT2D eigenvalue weighted by Crippen LogP contribution is 2.17. The van der Waals surface area contributed by atoms with E-state index in [4.69, 9.17) is 14.6 Å². The molecule has 0 spiro atoms. The van der Waals surface area contributed by atoms with Crippen molar-refractivity contribution in [2.75, 3.05) is 19.9 Å². The van der Waals surface area contributed by atoms with Gasteiger partial charge in [0, 0.05) is 6.61 Å². The second kappa shape index (κ2) is 4.81. The zero-order chi connectivity index (χ0) is 11.5. The fraction of sp³-hybridized carbons (Fsp3) is 0.900. The third-order valence-electron chi connectivity index (χ3n) is 2.07. The smallest absolute Gasteiger partial charge is 0.412 e. The summed E-state index contributed by atoms with van der Waals surface area (Å²) in [6.45, 7) is 6.24. The minimum absolute atomic E-state index is 0.0489. The number of carbonyl (C=O) groups excluding carboxylic acids is 1. The summed E-state index contributed by atoms with van der Waals surface area (Å²) in [5.74, 6) is 0. The van der Waals surface area contributed by atoms with Crippen LogP contribution in [-0.2, 0) is 9.47 Å². The van der Waals surface area contributed by atoms with Gasteiger partial charge < -0.3 is 14.6 Å². The second-order valence-corrected chi connectivity index (χ2v) is 4.62. The molecule has 0 saturated carbocycles. The molecule has 1 heterocycles. The molecule has 0 aromatic heterocycles. The van der Waals surface area contributed by atoms with Crippen molar-refractivity contribution < 1.29 is 19.4 Å². The number of ether oxygens (including phenoxy) is 2. The highest BCUT2D eigenvalue weighted by Gasteiger charge is 2.32. The Morgan fingerprint density at radius 2 is 2.27 bits per heavy atom. The highest BCUT2D eigenvalue weighted by molar-refractivity contribution is 5.68. The van der Waals surface area contributed by atoms with Gasteiger partial charge in [-0.15, -0.1) is 0 Å². The Hall–Kier alpha value is -0.810. The van der Waals surface area contributed by atoms with Crippen LogP contribution in [0, 0.1) is 0 Å². The normalized spacial score (nSPS) is 21.9. The number of aliphatic hydroxyl groups excluding tert-OH is 1. The maximum Gasteiger partial charge on any atom is 0.412 e. The average Bonchev–Trinajstić information content (AvgIpc) is 2.49. The average molecular weight is 217 g/mol. The second-order valence-electron chi connectivity index (χ2n) is 4.62. The van der Waals surface area contributed by atoms with Gasteiger partial charge in [-0.3, -0.25) is 4.90 Å². The fourth-order valence-corrected chi connectivity index (χ4v) is 1.39. The van der Waals surface area contributed by atoms with Crippen LogP contribution in [0.25, 0.3) is 0 Å². The number of hydrogen-bond donors (Lipinski definition) is 1. The van der Waals surface area contributed by atoms with E-state index in [1.807, 2.05) is 20.8 Å². The van der Waals surface area contributed by atoms with Crippen LogP contribution in [0.5, 0.6) is 0 Å². The molecule has 0 aromatic carbocycles. The summed E-state index contributed by atoms with van der Waals surface area (Å²) in [6, 6.07) is -0.0650. The molecule has 0 aromatic rings. The van der Waals surface area contributed by atoms with Crippen molar-refractivity contribution in [2.45, 2.75) is 38.8 Å². The van der Waals surface area contributed by atoms with Crippen LogP contribution in [0.2, 0.25) is 0 Å². The van der Waals surface area contributed by atoms with E-state index in [9.17, 15) is 4.79 Å². The van der Waals surface area contributed by atoms with Gasteiger partial charge in [0.15, 0.2) is 0 Å². The van der Waals surface area contributed by atoms with Crippen LogP contribution in [0.1, 0.15) is 27.2 Å². The Kier molecular flexibility index (Phi) is 3.93. The quantitative estimate of drug-likeness (QED) is 0.748. The molecule has 15 heavy (non-hydrogen) atoms. The lowest BCUT2D eigenvalue weighted by atomic mass is 10.2. The maximum atomic E-state index is 11.7. The Labute approximate surface area is 90.0 Å². The van der Waals surface area contributed by atoms with Gasteiger partial charge in [0.25, 0.3) is 0 Å². The predicted molar refractivity (Wildman–Crippen MR) is 54.4 cm³/mol. The van der Waals surface area contributed by atoms with E-state index >= 15 is 0 Å². The van der Waals surface area contributed by atoms with E-state index < -0.39 is 5.60 Å². The SMILES string of the molecule is CC(C)(C)OC(=O)N1COC[C@@H]1CCO. The van der Waals surface area contributed by atoms with E-state index in [1.165, 1.54) is 4.90 Å². The lowest BCUT2D eigenvalue weighted by molar-refractivity contribution is 0.0147. The highest BCUT2D eigenvalue weighted by atomic mass is 16.6. The monoisotopic (exact) mass is 217 g/mol. The predicted octanol–water partition coefficient (Wildman–Crippen LogP) is 0.962. The lowest BCUT2D eigenvalue weighted by Gasteiger charge is -2.26. The number of nitrogens with zero attached hydrogens (tertiary/aromatic N) is 1. The summed E-state index contributed by atoms with van der Waals surface area (Å²) in [6.07, 6.45) is 0.151. The van der Waals surface area contributed by atoms with Gasteiger partial charge in [0.2, 0.25) is 0 Å². The standard InChI is InChI=1S/C10H19NO4/c1-10(2,3)15-9(13)11-7-14-6-8(11)4-5-12/h8,12H,4-7H2,1-3H3/t8-/m0/s1. The number of rotatable bonds is 2. The van der Waals surface area contributed by atoms with E-state index in [0.29, 0.717) is 13.0 Å². The van der Waals surface area contributed by atoms with E-state index in [-0.39, 0.29) is 25.5 Å². The number of aliphatic hydroxyl groups is 1. The Bertz CT molecular complexity index is 224. The maximum absolute atomic E-state index is 11.7. The van der Waals surface area contributed by atoms with Gasteiger partial charge in [-0.2, -0.15) is 0 Å².